The molecule has 2 aromatic rings. The predicted molar refractivity (Wildman–Crippen MR) is 90.5 cm³/mol. The highest BCUT2D eigenvalue weighted by molar-refractivity contribution is 6.31. The van der Waals surface area contributed by atoms with E-state index in [2.05, 4.69) is 10.3 Å². The van der Waals surface area contributed by atoms with Crippen LogP contribution in [0.3, 0.4) is 0 Å². The number of hydrogen-bond acceptors (Lipinski definition) is 3. The second-order valence-corrected chi connectivity index (χ2v) is 5.96. The summed E-state index contributed by atoms with van der Waals surface area (Å²) in [4.78, 5) is 18.0. The molecule has 1 N–H and O–H groups in total. The maximum absolute atomic E-state index is 12.8. The molecule has 0 saturated carbocycles. The summed E-state index contributed by atoms with van der Waals surface area (Å²) in [6, 6.07) is 8.87. The normalized spacial score (nSPS) is 11.6. The van der Waals surface area contributed by atoms with Crippen molar-refractivity contribution in [2.24, 2.45) is 0 Å². The van der Waals surface area contributed by atoms with Crippen molar-refractivity contribution in [2.45, 2.75) is 12.6 Å². The maximum atomic E-state index is 12.8. The minimum Gasteiger partial charge on any atom is -0.325 e. The van der Waals surface area contributed by atoms with E-state index in [-0.39, 0.29) is 12.2 Å². The van der Waals surface area contributed by atoms with Gasteiger partial charge in [0.05, 0.1) is 17.1 Å². The van der Waals surface area contributed by atoms with Crippen LogP contribution in [0, 0.1) is 0 Å². The fourth-order valence-electron chi connectivity index (χ4n) is 2.20. The van der Waals surface area contributed by atoms with E-state index < -0.39 is 22.7 Å². The molecule has 1 aromatic carbocycles. The summed E-state index contributed by atoms with van der Waals surface area (Å²) >= 11 is 5.55. The summed E-state index contributed by atoms with van der Waals surface area (Å²) in [5, 5.41) is 2.05. The number of hydrogen-bond donors (Lipinski definition) is 1. The van der Waals surface area contributed by atoms with E-state index in [1.165, 1.54) is 6.07 Å². The third-order valence-corrected chi connectivity index (χ3v) is 3.77. The third kappa shape index (κ3) is 6.03. The second-order valence-electron chi connectivity index (χ2n) is 5.55. The standard InChI is InChI=1S/C17H17ClF3N3O/c1-24(9-7-12-4-2-3-8-22-12)11-16(25)23-13-5-6-15(18)14(10-13)17(19,20)21/h2-6,8,10H,7,9,11H2,1H3,(H,23,25). The summed E-state index contributed by atoms with van der Waals surface area (Å²) in [6.07, 6.45) is -2.21. The van der Waals surface area contributed by atoms with Crippen molar-refractivity contribution in [3.63, 3.8) is 0 Å². The molecule has 0 saturated heterocycles. The molecular formula is C17H17ClF3N3O. The highest BCUT2D eigenvalue weighted by Crippen LogP contribution is 2.36. The van der Waals surface area contributed by atoms with Gasteiger partial charge in [0.15, 0.2) is 0 Å². The number of rotatable bonds is 6. The zero-order valence-electron chi connectivity index (χ0n) is 13.5. The number of pyridine rings is 1. The number of likely N-dealkylation sites (N-methyl/N-ethyl adjacent to an activating group) is 1. The zero-order chi connectivity index (χ0) is 18.4. The number of benzene rings is 1. The number of nitrogens with zero attached hydrogens (tertiary/aromatic N) is 2. The van der Waals surface area contributed by atoms with E-state index >= 15 is 0 Å². The summed E-state index contributed by atoms with van der Waals surface area (Å²) in [5.74, 6) is -0.404. The largest absolute Gasteiger partial charge is 0.417 e. The SMILES string of the molecule is CN(CCc1ccccn1)CC(=O)Nc1ccc(Cl)c(C(F)(F)F)c1. The fraction of sp³-hybridized carbons (Fsp3) is 0.294. The average molecular weight is 372 g/mol. The molecule has 0 atom stereocenters. The van der Waals surface area contributed by atoms with E-state index in [1.807, 2.05) is 18.2 Å². The molecule has 0 aliphatic heterocycles. The molecule has 0 aliphatic carbocycles. The Hall–Kier alpha value is -2.12. The Balaban J connectivity index is 1.89. The highest BCUT2D eigenvalue weighted by Gasteiger charge is 2.33. The van der Waals surface area contributed by atoms with Gasteiger partial charge in [0.2, 0.25) is 5.91 Å². The number of amides is 1. The molecule has 1 amide bonds. The Bertz CT molecular complexity index is 723. The average Bonchev–Trinajstić information content (AvgIpc) is 2.54. The molecule has 1 heterocycles. The van der Waals surface area contributed by atoms with Crippen molar-refractivity contribution in [1.29, 1.82) is 0 Å². The molecule has 0 aliphatic rings. The summed E-state index contributed by atoms with van der Waals surface area (Å²) < 4.78 is 38.5. The van der Waals surface area contributed by atoms with Gasteiger partial charge in [-0.15, -0.1) is 0 Å². The van der Waals surface area contributed by atoms with Crippen LogP contribution in [0.4, 0.5) is 18.9 Å². The van der Waals surface area contributed by atoms with E-state index in [1.54, 1.807) is 18.1 Å². The van der Waals surface area contributed by atoms with Crippen molar-refractivity contribution in [1.82, 2.24) is 9.88 Å². The number of halogens is 4. The van der Waals surface area contributed by atoms with Crippen LogP contribution in [0.25, 0.3) is 0 Å². The van der Waals surface area contributed by atoms with Crippen molar-refractivity contribution in [3.8, 4) is 0 Å². The van der Waals surface area contributed by atoms with Gasteiger partial charge in [0.1, 0.15) is 0 Å². The minimum atomic E-state index is -4.57. The van der Waals surface area contributed by atoms with Gasteiger partial charge in [0, 0.05) is 30.5 Å². The predicted octanol–water partition coefficient (Wildman–Crippen LogP) is 3.87. The number of carbonyl (C=O) groups excluding carboxylic acids is 1. The first-order valence-electron chi connectivity index (χ1n) is 7.51. The first-order valence-corrected chi connectivity index (χ1v) is 7.88. The minimum absolute atomic E-state index is 0.0524. The Labute approximate surface area is 148 Å². The van der Waals surface area contributed by atoms with Gasteiger partial charge in [-0.2, -0.15) is 13.2 Å². The first kappa shape index (κ1) is 19.2. The van der Waals surface area contributed by atoms with E-state index in [0.717, 1.165) is 17.8 Å². The number of nitrogens with one attached hydrogen (secondary N) is 1. The lowest BCUT2D eigenvalue weighted by Crippen LogP contribution is -2.31. The van der Waals surface area contributed by atoms with Crippen molar-refractivity contribution >= 4 is 23.2 Å². The van der Waals surface area contributed by atoms with Crippen molar-refractivity contribution < 1.29 is 18.0 Å². The van der Waals surface area contributed by atoms with Crippen LogP contribution in [0.2, 0.25) is 5.02 Å². The Morgan fingerprint density at radius 1 is 1.28 bits per heavy atom. The van der Waals surface area contributed by atoms with Crippen LogP contribution in [0.5, 0.6) is 0 Å². The second kappa shape index (κ2) is 8.31. The number of alkyl halides is 3. The Morgan fingerprint density at radius 2 is 2.04 bits per heavy atom. The summed E-state index contributed by atoms with van der Waals surface area (Å²) in [5.41, 5.74) is -0.0161. The van der Waals surface area contributed by atoms with Gasteiger partial charge in [-0.25, -0.2) is 0 Å². The monoisotopic (exact) mass is 371 g/mol. The van der Waals surface area contributed by atoms with Gasteiger partial charge in [-0.3, -0.25) is 14.7 Å². The number of aromatic nitrogens is 1. The van der Waals surface area contributed by atoms with Crippen LogP contribution in [0.15, 0.2) is 42.6 Å². The van der Waals surface area contributed by atoms with E-state index in [4.69, 9.17) is 11.6 Å². The third-order valence-electron chi connectivity index (χ3n) is 3.44. The summed E-state index contributed by atoms with van der Waals surface area (Å²) in [7, 11) is 1.76. The molecule has 8 heteroatoms. The molecule has 0 unspecified atom stereocenters. The van der Waals surface area contributed by atoms with Gasteiger partial charge >= 0.3 is 6.18 Å². The topological polar surface area (TPSA) is 45.2 Å². The smallest absolute Gasteiger partial charge is 0.325 e. The van der Waals surface area contributed by atoms with Crippen LogP contribution in [-0.2, 0) is 17.4 Å². The highest BCUT2D eigenvalue weighted by atomic mass is 35.5. The molecule has 0 radical (unpaired) electrons. The molecule has 25 heavy (non-hydrogen) atoms. The Morgan fingerprint density at radius 3 is 2.68 bits per heavy atom. The van der Waals surface area contributed by atoms with Crippen LogP contribution in [0.1, 0.15) is 11.3 Å². The molecule has 0 spiro atoms. The van der Waals surface area contributed by atoms with Crippen LogP contribution in [-0.4, -0.2) is 35.9 Å². The maximum Gasteiger partial charge on any atom is 0.417 e. The lowest BCUT2D eigenvalue weighted by molar-refractivity contribution is -0.137. The molecule has 134 valence electrons. The molecule has 0 fully saturated rings. The van der Waals surface area contributed by atoms with Crippen LogP contribution < -0.4 is 5.32 Å². The van der Waals surface area contributed by atoms with Crippen molar-refractivity contribution in [3.05, 3.63) is 58.9 Å². The molecule has 0 bridgehead atoms. The van der Waals surface area contributed by atoms with Crippen LogP contribution >= 0.6 is 11.6 Å². The number of anilines is 1. The van der Waals surface area contributed by atoms with Gasteiger partial charge in [-0.1, -0.05) is 17.7 Å². The van der Waals surface area contributed by atoms with E-state index in [0.29, 0.717) is 13.0 Å². The van der Waals surface area contributed by atoms with Crippen molar-refractivity contribution in [2.75, 3.05) is 25.5 Å². The molecular weight excluding hydrogens is 355 g/mol. The molecule has 1 aromatic heterocycles. The van der Waals surface area contributed by atoms with E-state index in [9.17, 15) is 18.0 Å². The summed E-state index contributed by atoms with van der Waals surface area (Å²) in [6.45, 7) is 0.648. The first-order chi connectivity index (χ1) is 11.8. The quantitative estimate of drug-likeness (QED) is 0.838. The molecule has 2 rings (SSSR count). The lowest BCUT2D eigenvalue weighted by Gasteiger charge is -2.16. The van der Waals surface area contributed by atoms with Gasteiger partial charge in [-0.05, 0) is 37.4 Å². The molecule has 4 nitrogen and oxygen atoms in total. The van der Waals surface area contributed by atoms with Gasteiger partial charge < -0.3 is 5.32 Å². The zero-order valence-corrected chi connectivity index (χ0v) is 14.2. The lowest BCUT2D eigenvalue weighted by atomic mass is 10.2. The fourth-order valence-corrected chi connectivity index (χ4v) is 2.42. The number of carbonyl (C=O) groups is 1. The van der Waals surface area contributed by atoms with Gasteiger partial charge in [0.25, 0.3) is 0 Å². The Kier molecular flexibility index (Phi) is 6.39.